The topological polar surface area (TPSA) is 54.7 Å². The Morgan fingerprint density at radius 3 is 2.68 bits per heavy atom. The minimum atomic E-state index is -0.372. The molecule has 3 aromatic rings. The Morgan fingerprint density at radius 1 is 1.19 bits per heavy atom. The van der Waals surface area contributed by atoms with Crippen molar-refractivity contribution in [2.45, 2.75) is 38.3 Å². The van der Waals surface area contributed by atoms with Crippen LogP contribution in [0.15, 0.2) is 54.9 Å². The van der Waals surface area contributed by atoms with Crippen LogP contribution in [-0.2, 0) is 20.8 Å². The molecule has 1 aromatic heterocycles. The Hall–Kier alpha value is -2.74. The highest BCUT2D eigenvalue weighted by Crippen LogP contribution is 2.34. The van der Waals surface area contributed by atoms with Crippen LogP contribution in [0, 0.1) is 12.7 Å². The smallest absolute Gasteiger partial charge is 0.147 e. The van der Waals surface area contributed by atoms with Gasteiger partial charge in [0.1, 0.15) is 29.6 Å². The molecule has 0 spiro atoms. The molecule has 0 saturated carbocycles. The molecule has 164 valence electrons. The van der Waals surface area contributed by atoms with Crippen molar-refractivity contribution in [1.29, 1.82) is 0 Å². The van der Waals surface area contributed by atoms with Crippen molar-refractivity contribution >= 4 is 0 Å². The highest BCUT2D eigenvalue weighted by atomic mass is 19.1. The predicted molar refractivity (Wildman–Crippen MR) is 114 cm³/mol. The molecule has 6 nitrogen and oxygen atoms in total. The summed E-state index contributed by atoms with van der Waals surface area (Å²) in [5.41, 5.74) is 2.03. The van der Waals surface area contributed by atoms with Crippen LogP contribution in [0.3, 0.4) is 0 Å². The molecule has 31 heavy (non-hydrogen) atoms. The Labute approximate surface area is 181 Å². The van der Waals surface area contributed by atoms with E-state index >= 15 is 0 Å². The first-order valence-electron chi connectivity index (χ1n) is 10.3. The van der Waals surface area contributed by atoms with Crippen LogP contribution in [0.5, 0.6) is 5.75 Å². The molecule has 2 heterocycles. The molecule has 3 atom stereocenters. The number of halogens is 1. The second-order valence-electron chi connectivity index (χ2n) is 7.50. The van der Waals surface area contributed by atoms with Crippen molar-refractivity contribution in [2.75, 3.05) is 20.8 Å². The molecule has 3 unspecified atom stereocenters. The summed E-state index contributed by atoms with van der Waals surface area (Å²) in [6.45, 7) is 2.58. The molecule has 4 rings (SSSR count). The van der Waals surface area contributed by atoms with Crippen LogP contribution in [0.4, 0.5) is 4.39 Å². The molecule has 1 fully saturated rings. The number of hydrogen-bond acceptors (Lipinski definition) is 5. The van der Waals surface area contributed by atoms with Gasteiger partial charge in [-0.2, -0.15) is 0 Å². The van der Waals surface area contributed by atoms with E-state index in [-0.39, 0.29) is 30.7 Å². The van der Waals surface area contributed by atoms with Crippen LogP contribution in [0.2, 0.25) is 0 Å². The average Bonchev–Trinajstić information content (AvgIpc) is 3.23. The van der Waals surface area contributed by atoms with E-state index < -0.39 is 0 Å². The van der Waals surface area contributed by atoms with E-state index in [1.54, 1.807) is 37.2 Å². The maximum Gasteiger partial charge on any atom is 0.147 e. The Morgan fingerprint density at radius 2 is 2.00 bits per heavy atom. The molecule has 1 saturated heterocycles. The summed E-state index contributed by atoms with van der Waals surface area (Å²) in [6.07, 6.45) is 3.37. The SMILES string of the molecule is COc1cc(-n2ccnc2C)c(F)cc1COC1C(OC)CCOC1c1ccccc1. The van der Waals surface area contributed by atoms with Gasteiger partial charge in [0.25, 0.3) is 0 Å². The minimum Gasteiger partial charge on any atom is -0.496 e. The first-order valence-corrected chi connectivity index (χ1v) is 10.3. The third-order valence-corrected chi connectivity index (χ3v) is 5.66. The first-order chi connectivity index (χ1) is 15.1. The summed E-state index contributed by atoms with van der Waals surface area (Å²) >= 11 is 0. The van der Waals surface area contributed by atoms with Gasteiger partial charge in [0, 0.05) is 31.1 Å². The van der Waals surface area contributed by atoms with E-state index in [1.807, 2.05) is 37.3 Å². The molecule has 7 heteroatoms. The monoisotopic (exact) mass is 426 g/mol. The van der Waals surface area contributed by atoms with E-state index in [0.29, 0.717) is 29.4 Å². The summed E-state index contributed by atoms with van der Waals surface area (Å²) in [5, 5.41) is 0. The molecule has 0 amide bonds. The van der Waals surface area contributed by atoms with Crippen molar-refractivity contribution < 1.29 is 23.3 Å². The molecule has 0 N–H and O–H groups in total. The Balaban J connectivity index is 1.59. The Bertz CT molecular complexity index is 1010. The van der Waals surface area contributed by atoms with Gasteiger partial charge in [-0.05, 0) is 25.0 Å². The molecule has 1 aliphatic rings. The van der Waals surface area contributed by atoms with Crippen molar-refractivity contribution in [2.24, 2.45) is 0 Å². The minimum absolute atomic E-state index is 0.123. The van der Waals surface area contributed by atoms with E-state index in [2.05, 4.69) is 4.98 Å². The fraction of sp³-hybridized carbons (Fsp3) is 0.375. The van der Waals surface area contributed by atoms with E-state index in [9.17, 15) is 4.39 Å². The van der Waals surface area contributed by atoms with E-state index in [0.717, 1.165) is 12.0 Å². The van der Waals surface area contributed by atoms with E-state index in [4.69, 9.17) is 18.9 Å². The van der Waals surface area contributed by atoms with Crippen LogP contribution in [-0.4, -0.2) is 42.6 Å². The Kier molecular flexibility index (Phi) is 6.65. The van der Waals surface area contributed by atoms with Gasteiger partial charge < -0.3 is 23.5 Å². The number of ether oxygens (including phenoxy) is 4. The fourth-order valence-electron chi connectivity index (χ4n) is 4.03. The quantitative estimate of drug-likeness (QED) is 0.561. The van der Waals surface area contributed by atoms with Crippen LogP contribution < -0.4 is 4.74 Å². The number of aromatic nitrogens is 2. The van der Waals surface area contributed by atoms with Gasteiger partial charge in [-0.3, -0.25) is 0 Å². The van der Waals surface area contributed by atoms with Crippen molar-refractivity contribution in [3.05, 3.63) is 77.6 Å². The summed E-state index contributed by atoms with van der Waals surface area (Å²) < 4.78 is 40.2. The molecular weight excluding hydrogens is 399 g/mol. The summed E-state index contributed by atoms with van der Waals surface area (Å²) in [5.74, 6) is 0.868. The van der Waals surface area contributed by atoms with Gasteiger partial charge in [0.05, 0.1) is 32.1 Å². The van der Waals surface area contributed by atoms with Crippen molar-refractivity contribution in [3.63, 3.8) is 0 Å². The summed E-state index contributed by atoms with van der Waals surface area (Å²) in [4.78, 5) is 4.17. The number of benzene rings is 2. The van der Waals surface area contributed by atoms with Gasteiger partial charge in [-0.1, -0.05) is 30.3 Å². The lowest BCUT2D eigenvalue weighted by Crippen LogP contribution is -2.42. The van der Waals surface area contributed by atoms with Crippen LogP contribution in [0.1, 0.15) is 29.5 Å². The normalized spacial score (nSPS) is 21.2. The lowest BCUT2D eigenvalue weighted by molar-refractivity contribution is -0.175. The molecular formula is C24H27FN2O4. The highest BCUT2D eigenvalue weighted by Gasteiger charge is 2.36. The molecule has 0 aliphatic carbocycles. The molecule has 1 aliphatic heterocycles. The van der Waals surface area contributed by atoms with Gasteiger partial charge in [0.2, 0.25) is 0 Å². The zero-order valence-corrected chi connectivity index (χ0v) is 18.0. The standard InChI is InChI=1S/C24H27FN2O4/c1-16-26-10-11-27(16)20-14-22(29-3)18(13-19(20)25)15-31-24-21(28-2)9-12-30-23(24)17-7-5-4-6-8-17/h4-8,10-11,13-14,21,23-24H,9,12,15H2,1-3H3. The summed E-state index contributed by atoms with van der Waals surface area (Å²) in [6, 6.07) is 13.1. The number of imidazole rings is 1. The second kappa shape index (κ2) is 9.60. The third-order valence-electron chi connectivity index (χ3n) is 5.66. The lowest BCUT2D eigenvalue weighted by Gasteiger charge is -2.37. The zero-order chi connectivity index (χ0) is 21.8. The third kappa shape index (κ3) is 4.49. The second-order valence-corrected chi connectivity index (χ2v) is 7.50. The molecule has 0 bridgehead atoms. The van der Waals surface area contributed by atoms with Crippen molar-refractivity contribution in [3.8, 4) is 11.4 Å². The number of methoxy groups -OCH3 is 2. The summed E-state index contributed by atoms with van der Waals surface area (Å²) in [7, 11) is 3.24. The maximum atomic E-state index is 15.0. The maximum absolute atomic E-state index is 15.0. The first kappa shape index (κ1) is 21.5. The lowest BCUT2D eigenvalue weighted by atomic mass is 9.96. The van der Waals surface area contributed by atoms with Crippen LogP contribution >= 0.6 is 0 Å². The van der Waals surface area contributed by atoms with E-state index in [1.165, 1.54) is 6.07 Å². The fourth-order valence-corrected chi connectivity index (χ4v) is 4.03. The number of aryl methyl sites for hydroxylation is 1. The molecule has 2 aromatic carbocycles. The number of hydrogen-bond donors (Lipinski definition) is 0. The van der Waals surface area contributed by atoms with Gasteiger partial charge in [-0.25, -0.2) is 9.37 Å². The predicted octanol–water partition coefficient (Wildman–Crippen LogP) is 4.39. The zero-order valence-electron chi connectivity index (χ0n) is 18.0. The van der Waals surface area contributed by atoms with Crippen molar-refractivity contribution in [1.82, 2.24) is 9.55 Å². The van der Waals surface area contributed by atoms with Gasteiger partial charge in [-0.15, -0.1) is 0 Å². The molecule has 0 radical (unpaired) electrons. The van der Waals surface area contributed by atoms with Gasteiger partial charge in [0.15, 0.2) is 0 Å². The van der Waals surface area contributed by atoms with Gasteiger partial charge >= 0.3 is 0 Å². The average molecular weight is 426 g/mol. The largest absolute Gasteiger partial charge is 0.496 e. The highest BCUT2D eigenvalue weighted by molar-refractivity contribution is 5.46. The van der Waals surface area contributed by atoms with Crippen LogP contribution in [0.25, 0.3) is 5.69 Å². The number of rotatable bonds is 7. The number of nitrogens with zero attached hydrogens (tertiary/aromatic N) is 2.